The van der Waals surface area contributed by atoms with Gasteiger partial charge in [-0.1, -0.05) is 0 Å². The summed E-state index contributed by atoms with van der Waals surface area (Å²) in [4.78, 5) is 4.57. The molecule has 0 radical (unpaired) electrons. The number of halogens is 1. The zero-order valence-electron chi connectivity index (χ0n) is 13.2. The van der Waals surface area contributed by atoms with Crippen LogP contribution in [0.3, 0.4) is 0 Å². The molecule has 1 heterocycles. The van der Waals surface area contributed by atoms with Gasteiger partial charge in [0.15, 0.2) is 5.96 Å². The third kappa shape index (κ3) is 5.48. The molecule has 22 heavy (non-hydrogen) atoms. The van der Waals surface area contributed by atoms with Gasteiger partial charge in [0.2, 0.25) is 0 Å². The van der Waals surface area contributed by atoms with Crippen LogP contribution in [-0.4, -0.2) is 34.9 Å². The standard InChI is InChI=1S/C15H24N6.HI/c1-3-17-15(20-14-6-4-5-13(14)9-16)18-7-8-21-11-12(2)10-19-21;/h10-11,13-14H,3-8H2,1-2H3,(H2,17,18,20);1H. The zero-order valence-corrected chi connectivity index (χ0v) is 15.6. The van der Waals surface area contributed by atoms with E-state index in [1.54, 1.807) is 0 Å². The van der Waals surface area contributed by atoms with Gasteiger partial charge in [-0.2, -0.15) is 10.4 Å². The summed E-state index contributed by atoms with van der Waals surface area (Å²) in [7, 11) is 0. The quantitative estimate of drug-likeness (QED) is 0.438. The molecular formula is C15H25IN6. The Balaban J connectivity index is 0.00000242. The molecule has 0 spiro atoms. The van der Waals surface area contributed by atoms with Crippen molar-refractivity contribution in [3.8, 4) is 6.07 Å². The number of hydrogen-bond acceptors (Lipinski definition) is 3. The molecule has 6 nitrogen and oxygen atoms in total. The Bertz CT molecular complexity index is 518. The smallest absolute Gasteiger partial charge is 0.191 e. The minimum absolute atomic E-state index is 0. The Morgan fingerprint density at radius 2 is 2.36 bits per heavy atom. The lowest BCUT2D eigenvalue weighted by molar-refractivity contribution is 0.531. The van der Waals surface area contributed by atoms with E-state index in [1.807, 2.05) is 30.9 Å². The number of aryl methyl sites for hydroxylation is 1. The number of aromatic nitrogens is 2. The van der Waals surface area contributed by atoms with Crippen LogP contribution in [0.5, 0.6) is 0 Å². The van der Waals surface area contributed by atoms with Crippen molar-refractivity contribution in [1.82, 2.24) is 20.4 Å². The van der Waals surface area contributed by atoms with Gasteiger partial charge in [-0.05, 0) is 38.7 Å². The Kier molecular flexibility index (Phi) is 8.24. The third-order valence-electron chi connectivity index (χ3n) is 3.71. The summed E-state index contributed by atoms with van der Waals surface area (Å²) in [6, 6.07) is 2.61. The molecule has 7 heteroatoms. The lowest BCUT2D eigenvalue weighted by Gasteiger charge is -2.19. The summed E-state index contributed by atoms with van der Waals surface area (Å²) in [6.07, 6.45) is 7.00. The number of hydrogen-bond donors (Lipinski definition) is 2. The molecule has 1 aromatic rings. The number of nitriles is 1. The first-order chi connectivity index (χ1) is 10.2. The second-order valence-electron chi connectivity index (χ2n) is 5.46. The topological polar surface area (TPSA) is 78.0 Å². The molecule has 1 aromatic heterocycles. The van der Waals surface area contributed by atoms with Crippen LogP contribution >= 0.6 is 24.0 Å². The van der Waals surface area contributed by atoms with Crippen LogP contribution in [0.4, 0.5) is 0 Å². The average molecular weight is 416 g/mol. The fourth-order valence-corrected chi connectivity index (χ4v) is 2.64. The monoisotopic (exact) mass is 416 g/mol. The van der Waals surface area contributed by atoms with Crippen LogP contribution in [0, 0.1) is 24.2 Å². The summed E-state index contributed by atoms with van der Waals surface area (Å²) in [5.41, 5.74) is 1.16. The SMILES string of the molecule is CCNC(=NCCn1cc(C)cn1)NC1CCCC1C#N.I. The van der Waals surface area contributed by atoms with E-state index in [4.69, 9.17) is 5.26 Å². The van der Waals surface area contributed by atoms with Gasteiger partial charge in [-0.3, -0.25) is 9.67 Å². The second kappa shape index (κ2) is 9.66. The van der Waals surface area contributed by atoms with Crippen LogP contribution in [0.2, 0.25) is 0 Å². The van der Waals surface area contributed by atoms with Crippen LogP contribution in [0.15, 0.2) is 17.4 Å². The number of rotatable bonds is 5. The minimum atomic E-state index is 0. The van der Waals surface area contributed by atoms with Crippen molar-refractivity contribution in [2.24, 2.45) is 10.9 Å². The largest absolute Gasteiger partial charge is 0.357 e. The molecule has 0 aliphatic heterocycles. The first-order valence-corrected chi connectivity index (χ1v) is 7.66. The van der Waals surface area contributed by atoms with E-state index in [0.29, 0.717) is 6.54 Å². The zero-order chi connectivity index (χ0) is 15.1. The highest BCUT2D eigenvalue weighted by Crippen LogP contribution is 2.24. The average Bonchev–Trinajstić information content (AvgIpc) is 3.08. The molecule has 2 atom stereocenters. The summed E-state index contributed by atoms with van der Waals surface area (Å²) in [5.74, 6) is 0.899. The fourth-order valence-electron chi connectivity index (χ4n) is 2.64. The molecule has 1 aliphatic rings. The first-order valence-electron chi connectivity index (χ1n) is 7.66. The van der Waals surface area contributed by atoms with Crippen molar-refractivity contribution >= 4 is 29.9 Å². The predicted molar refractivity (Wildman–Crippen MR) is 98.2 cm³/mol. The molecule has 1 fully saturated rings. The fraction of sp³-hybridized carbons (Fsp3) is 0.667. The van der Waals surface area contributed by atoms with E-state index in [9.17, 15) is 0 Å². The van der Waals surface area contributed by atoms with Crippen molar-refractivity contribution in [2.45, 2.75) is 45.7 Å². The third-order valence-corrected chi connectivity index (χ3v) is 3.71. The van der Waals surface area contributed by atoms with Crippen molar-refractivity contribution in [3.05, 3.63) is 18.0 Å². The summed E-state index contributed by atoms with van der Waals surface area (Å²) in [6.45, 7) is 6.32. The van der Waals surface area contributed by atoms with Crippen LogP contribution in [0.1, 0.15) is 31.7 Å². The number of guanidine groups is 1. The summed E-state index contributed by atoms with van der Waals surface area (Å²) < 4.78 is 1.90. The second-order valence-corrected chi connectivity index (χ2v) is 5.46. The molecule has 0 amide bonds. The lowest BCUT2D eigenvalue weighted by Crippen LogP contribution is -2.44. The maximum atomic E-state index is 9.14. The van der Waals surface area contributed by atoms with Gasteiger partial charge in [-0.25, -0.2) is 0 Å². The lowest BCUT2D eigenvalue weighted by atomic mass is 10.1. The molecule has 0 saturated heterocycles. The van der Waals surface area contributed by atoms with Gasteiger partial charge in [0.1, 0.15) is 0 Å². The van der Waals surface area contributed by atoms with E-state index in [-0.39, 0.29) is 35.9 Å². The maximum absolute atomic E-state index is 9.14. The van der Waals surface area contributed by atoms with Crippen LogP contribution in [-0.2, 0) is 6.54 Å². The Labute approximate surface area is 149 Å². The summed E-state index contributed by atoms with van der Waals surface area (Å²) in [5, 5.41) is 20.0. The van der Waals surface area contributed by atoms with Gasteiger partial charge in [0.25, 0.3) is 0 Å². The molecule has 1 saturated carbocycles. The van der Waals surface area contributed by atoms with E-state index in [1.165, 1.54) is 0 Å². The number of nitrogens with zero attached hydrogens (tertiary/aromatic N) is 4. The van der Waals surface area contributed by atoms with Gasteiger partial charge in [0, 0.05) is 18.8 Å². The predicted octanol–water partition coefficient (Wildman–Crippen LogP) is 2.06. The molecular weight excluding hydrogens is 391 g/mol. The first kappa shape index (κ1) is 18.7. The van der Waals surface area contributed by atoms with Crippen molar-refractivity contribution in [3.63, 3.8) is 0 Å². The number of nitrogens with one attached hydrogen (secondary N) is 2. The molecule has 0 aromatic carbocycles. The number of aliphatic imine (C=N–C) groups is 1. The van der Waals surface area contributed by atoms with Crippen LogP contribution in [0.25, 0.3) is 0 Å². The highest BCUT2D eigenvalue weighted by molar-refractivity contribution is 14.0. The Morgan fingerprint density at radius 1 is 1.55 bits per heavy atom. The van der Waals surface area contributed by atoms with E-state index in [2.05, 4.69) is 26.8 Å². The highest BCUT2D eigenvalue weighted by Gasteiger charge is 2.27. The summed E-state index contributed by atoms with van der Waals surface area (Å²) >= 11 is 0. The van der Waals surface area contributed by atoms with E-state index >= 15 is 0 Å². The Morgan fingerprint density at radius 3 is 3.00 bits per heavy atom. The van der Waals surface area contributed by atoms with E-state index < -0.39 is 0 Å². The van der Waals surface area contributed by atoms with Gasteiger partial charge in [0.05, 0.1) is 31.3 Å². The molecule has 2 unspecified atom stereocenters. The van der Waals surface area contributed by atoms with Gasteiger partial charge >= 0.3 is 0 Å². The molecule has 122 valence electrons. The van der Waals surface area contributed by atoms with Crippen molar-refractivity contribution < 1.29 is 0 Å². The molecule has 0 bridgehead atoms. The Hall–Kier alpha value is -1.30. The molecule has 2 N–H and O–H groups in total. The van der Waals surface area contributed by atoms with Crippen molar-refractivity contribution in [1.29, 1.82) is 5.26 Å². The highest BCUT2D eigenvalue weighted by atomic mass is 127. The maximum Gasteiger partial charge on any atom is 0.191 e. The molecule has 1 aliphatic carbocycles. The van der Waals surface area contributed by atoms with Gasteiger partial charge in [-0.15, -0.1) is 24.0 Å². The van der Waals surface area contributed by atoms with E-state index in [0.717, 1.165) is 43.9 Å². The van der Waals surface area contributed by atoms with Crippen LogP contribution < -0.4 is 10.6 Å². The minimum Gasteiger partial charge on any atom is -0.357 e. The normalized spacial score (nSPS) is 21.0. The van der Waals surface area contributed by atoms with Gasteiger partial charge < -0.3 is 10.6 Å². The van der Waals surface area contributed by atoms with Crippen molar-refractivity contribution in [2.75, 3.05) is 13.1 Å². The molecule has 2 rings (SSSR count).